The van der Waals surface area contributed by atoms with Crippen molar-refractivity contribution in [3.63, 3.8) is 0 Å². The number of ether oxygens (including phenoxy) is 2. The van der Waals surface area contributed by atoms with E-state index in [-0.39, 0.29) is 6.10 Å². The van der Waals surface area contributed by atoms with Gasteiger partial charge in [-0.05, 0) is 37.1 Å². The minimum atomic E-state index is -1.16. The molecule has 1 fully saturated rings. The minimum absolute atomic E-state index is 0.158. The second-order valence-corrected chi connectivity index (χ2v) is 4.63. The molecule has 1 heterocycles. The Kier molecular flexibility index (Phi) is 5.34. The number of anilines is 1. The van der Waals surface area contributed by atoms with Gasteiger partial charge in [-0.2, -0.15) is 0 Å². The summed E-state index contributed by atoms with van der Waals surface area (Å²) in [6.45, 7) is 1.32. The van der Waals surface area contributed by atoms with E-state index in [0.717, 1.165) is 31.6 Å². The first-order valence-electron chi connectivity index (χ1n) is 6.70. The first kappa shape index (κ1) is 15.1. The molecular formula is C15H17NO5. The van der Waals surface area contributed by atoms with Crippen LogP contribution in [0.3, 0.4) is 0 Å². The van der Waals surface area contributed by atoms with Gasteiger partial charge in [0, 0.05) is 24.4 Å². The van der Waals surface area contributed by atoms with Crippen molar-refractivity contribution in [3.8, 4) is 5.75 Å². The molecule has 0 radical (unpaired) electrons. The van der Waals surface area contributed by atoms with E-state index in [4.69, 9.17) is 14.6 Å². The van der Waals surface area contributed by atoms with E-state index in [1.807, 2.05) is 0 Å². The highest BCUT2D eigenvalue weighted by molar-refractivity contribution is 6.02. The molecule has 1 atom stereocenters. The van der Waals surface area contributed by atoms with Crippen LogP contribution in [0.15, 0.2) is 36.4 Å². The largest absolute Gasteiger partial charge is 0.491 e. The molecule has 0 saturated carbocycles. The van der Waals surface area contributed by atoms with E-state index in [2.05, 4.69) is 5.32 Å². The molecule has 2 rings (SSSR count). The van der Waals surface area contributed by atoms with Crippen LogP contribution >= 0.6 is 0 Å². The number of nitrogens with one attached hydrogen (secondary N) is 1. The second-order valence-electron chi connectivity index (χ2n) is 4.63. The lowest BCUT2D eigenvalue weighted by molar-refractivity contribution is -0.131. The number of carbonyl (C=O) groups excluding carboxylic acids is 1. The maximum atomic E-state index is 11.4. The van der Waals surface area contributed by atoms with Crippen molar-refractivity contribution < 1.29 is 24.2 Å². The summed E-state index contributed by atoms with van der Waals surface area (Å²) in [5.74, 6) is -0.960. The lowest BCUT2D eigenvalue weighted by Gasteiger charge is -2.11. The van der Waals surface area contributed by atoms with Crippen LogP contribution in [-0.4, -0.2) is 36.3 Å². The van der Waals surface area contributed by atoms with Crippen LogP contribution in [-0.2, 0) is 14.3 Å². The molecule has 21 heavy (non-hydrogen) atoms. The summed E-state index contributed by atoms with van der Waals surface area (Å²) < 4.78 is 11.1. The van der Waals surface area contributed by atoms with Crippen LogP contribution in [0.1, 0.15) is 12.8 Å². The van der Waals surface area contributed by atoms with Gasteiger partial charge in [0.1, 0.15) is 12.4 Å². The van der Waals surface area contributed by atoms with Crippen LogP contribution < -0.4 is 10.1 Å². The zero-order valence-electron chi connectivity index (χ0n) is 11.5. The fraction of sp³-hybridized carbons (Fsp3) is 0.333. The summed E-state index contributed by atoms with van der Waals surface area (Å²) in [7, 11) is 0. The van der Waals surface area contributed by atoms with Crippen LogP contribution in [0.5, 0.6) is 5.75 Å². The molecule has 1 aliphatic rings. The number of carboxylic acids is 1. The van der Waals surface area contributed by atoms with Gasteiger partial charge in [0.05, 0.1) is 6.10 Å². The monoisotopic (exact) mass is 291 g/mol. The Balaban J connectivity index is 1.80. The molecule has 6 nitrogen and oxygen atoms in total. The van der Waals surface area contributed by atoms with Crippen molar-refractivity contribution in [1.29, 1.82) is 0 Å². The standard InChI is InChI=1S/C15H17NO5/c17-14(7-8-15(18)19)16-11-3-5-12(6-4-11)21-10-13-2-1-9-20-13/h3-8,13H,1-2,9-10H2,(H,16,17)(H,18,19). The first-order valence-corrected chi connectivity index (χ1v) is 6.70. The van der Waals surface area contributed by atoms with Gasteiger partial charge in [-0.25, -0.2) is 4.79 Å². The molecule has 6 heteroatoms. The summed E-state index contributed by atoms with van der Waals surface area (Å²) in [4.78, 5) is 21.7. The molecule has 112 valence electrons. The number of rotatable bonds is 6. The van der Waals surface area contributed by atoms with Gasteiger partial charge in [-0.3, -0.25) is 4.79 Å². The van der Waals surface area contributed by atoms with Crippen molar-refractivity contribution in [2.75, 3.05) is 18.5 Å². The zero-order valence-corrected chi connectivity index (χ0v) is 11.5. The highest BCUT2D eigenvalue weighted by Crippen LogP contribution is 2.18. The number of carboxylic acid groups (broad SMARTS) is 1. The average Bonchev–Trinajstić information content (AvgIpc) is 2.98. The number of hydrogen-bond donors (Lipinski definition) is 2. The molecule has 0 aliphatic carbocycles. The van der Waals surface area contributed by atoms with Crippen LogP contribution in [0.2, 0.25) is 0 Å². The Bertz CT molecular complexity index is 517. The molecule has 1 unspecified atom stereocenters. The van der Waals surface area contributed by atoms with Gasteiger partial charge in [0.2, 0.25) is 5.91 Å². The number of carbonyl (C=O) groups is 2. The third-order valence-electron chi connectivity index (χ3n) is 2.96. The fourth-order valence-corrected chi connectivity index (χ4v) is 1.93. The molecule has 1 aromatic rings. The van der Waals surface area contributed by atoms with E-state index in [1.54, 1.807) is 24.3 Å². The van der Waals surface area contributed by atoms with Gasteiger partial charge in [0.15, 0.2) is 0 Å². The predicted molar refractivity (Wildman–Crippen MR) is 76.3 cm³/mol. The SMILES string of the molecule is O=C(O)C=CC(=O)Nc1ccc(OCC2CCCO2)cc1. The molecule has 0 aromatic heterocycles. The predicted octanol–water partition coefficient (Wildman–Crippen LogP) is 1.82. The van der Waals surface area contributed by atoms with Crippen molar-refractivity contribution in [2.24, 2.45) is 0 Å². The van der Waals surface area contributed by atoms with Crippen molar-refractivity contribution in [2.45, 2.75) is 18.9 Å². The summed E-state index contributed by atoms with van der Waals surface area (Å²) in [5.41, 5.74) is 0.569. The normalized spacial score (nSPS) is 17.8. The lowest BCUT2D eigenvalue weighted by Crippen LogP contribution is -2.16. The molecule has 1 saturated heterocycles. The van der Waals surface area contributed by atoms with E-state index in [1.165, 1.54) is 0 Å². The average molecular weight is 291 g/mol. The third kappa shape index (κ3) is 5.27. The summed E-state index contributed by atoms with van der Waals surface area (Å²) >= 11 is 0. The summed E-state index contributed by atoms with van der Waals surface area (Å²) in [5, 5.41) is 11.0. The van der Waals surface area contributed by atoms with E-state index >= 15 is 0 Å². The molecule has 2 N–H and O–H groups in total. The van der Waals surface area contributed by atoms with Gasteiger partial charge >= 0.3 is 5.97 Å². The maximum absolute atomic E-state index is 11.4. The van der Waals surface area contributed by atoms with Gasteiger partial charge in [-0.15, -0.1) is 0 Å². The van der Waals surface area contributed by atoms with Crippen molar-refractivity contribution >= 4 is 17.6 Å². The number of amides is 1. The van der Waals surface area contributed by atoms with Crippen LogP contribution in [0.4, 0.5) is 5.69 Å². The quantitative estimate of drug-likeness (QED) is 0.781. The number of benzene rings is 1. The lowest BCUT2D eigenvalue weighted by atomic mass is 10.2. The minimum Gasteiger partial charge on any atom is -0.491 e. The highest BCUT2D eigenvalue weighted by atomic mass is 16.5. The smallest absolute Gasteiger partial charge is 0.328 e. The first-order chi connectivity index (χ1) is 10.1. The topological polar surface area (TPSA) is 84.9 Å². The molecule has 0 bridgehead atoms. The fourth-order valence-electron chi connectivity index (χ4n) is 1.93. The summed E-state index contributed by atoms with van der Waals surface area (Å²) in [6.07, 6.45) is 4.00. The van der Waals surface area contributed by atoms with Gasteiger partial charge < -0.3 is 19.9 Å². The summed E-state index contributed by atoms with van der Waals surface area (Å²) in [6, 6.07) is 6.87. The second kappa shape index (κ2) is 7.44. The van der Waals surface area contributed by atoms with Crippen molar-refractivity contribution in [1.82, 2.24) is 0 Å². The molecule has 1 amide bonds. The van der Waals surface area contributed by atoms with Gasteiger partial charge in [0.25, 0.3) is 0 Å². The Labute approximate surface area is 122 Å². The molecular weight excluding hydrogens is 274 g/mol. The Hall–Kier alpha value is -2.34. The van der Waals surface area contributed by atoms with Crippen molar-refractivity contribution in [3.05, 3.63) is 36.4 Å². The van der Waals surface area contributed by atoms with E-state index < -0.39 is 11.9 Å². The Morgan fingerprint density at radius 3 is 2.71 bits per heavy atom. The number of aliphatic carboxylic acids is 1. The highest BCUT2D eigenvalue weighted by Gasteiger charge is 2.15. The molecule has 1 aliphatic heterocycles. The van der Waals surface area contributed by atoms with Gasteiger partial charge in [-0.1, -0.05) is 0 Å². The molecule has 0 spiro atoms. The third-order valence-corrected chi connectivity index (χ3v) is 2.96. The Morgan fingerprint density at radius 2 is 2.10 bits per heavy atom. The number of hydrogen-bond acceptors (Lipinski definition) is 4. The molecule has 1 aromatic carbocycles. The van der Waals surface area contributed by atoms with E-state index in [9.17, 15) is 9.59 Å². The van der Waals surface area contributed by atoms with E-state index in [0.29, 0.717) is 18.0 Å². The zero-order chi connectivity index (χ0) is 15.1. The van der Waals surface area contributed by atoms with Crippen LogP contribution in [0.25, 0.3) is 0 Å². The van der Waals surface area contributed by atoms with Crippen LogP contribution in [0, 0.1) is 0 Å². The maximum Gasteiger partial charge on any atom is 0.328 e. The Morgan fingerprint density at radius 1 is 1.33 bits per heavy atom.